The van der Waals surface area contributed by atoms with Gasteiger partial charge in [0.15, 0.2) is 0 Å². The molecule has 0 saturated carbocycles. The Morgan fingerprint density at radius 3 is 2.14 bits per heavy atom. The normalized spacial score (nSPS) is 17.6. The molecule has 0 radical (unpaired) electrons. The molecule has 1 fully saturated rings. The Labute approximate surface area is 92.1 Å². The zero-order valence-electron chi connectivity index (χ0n) is 7.98. The molecule has 0 aromatic heterocycles. The molecule has 0 N–H and O–H groups in total. The maximum absolute atomic E-state index is 11.1. The van der Waals surface area contributed by atoms with Gasteiger partial charge in [0.05, 0.1) is 0 Å². The van der Waals surface area contributed by atoms with Crippen molar-refractivity contribution in [2.75, 3.05) is 12.3 Å². The maximum Gasteiger partial charge on any atom is 0.133 e. The van der Waals surface area contributed by atoms with Crippen LogP contribution in [0.25, 0.3) is 0 Å². The smallest absolute Gasteiger partial charge is 0.133 e. The van der Waals surface area contributed by atoms with Crippen molar-refractivity contribution in [3.05, 3.63) is 30.3 Å². The van der Waals surface area contributed by atoms with Crippen LogP contribution in [-0.2, 0) is 4.79 Å². The first kappa shape index (κ1) is 11.7. The summed E-state index contributed by atoms with van der Waals surface area (Å²) in [5.41, 5.74) is 0. The van der Waals surface area contributed by atoms with Crippen molar-refractivity contribution in [1.29, 1.82) is 0 Å². The molecule has 0 amide bonds. The third-order valence-corrected chi connectivity index (χ3v) is 5.00. The summed E-state index contributed by atoms with van der Waals surface area (Å²) in [5.74, 6) is 0.453. The summed E-state index contributed by atoms with van der Waals surface area (Å²) in [6.45, 7) is 0. The monoisotopic (exact) mass is 228 g/mol. The van der Waals surface area contributed by atoms with Crippen LogP contribution in [0.2, 0.25) is 0 Å². The first-order chi connectivity index (χ1) is 6.36. The van der Waals surface area contributed by atoms with Crippen molar-refractivity contribution in [2.45, 2.75) is 12.8 Å². The molecule has 76 valence electrons. The number of hydrogen-bond donors (Lipinski definition) is 0. The molecular formula is C11H14ClOP. The standard InChI is InChI=1S/C11H13OP.ClH/c12-10-6-8-13(9-7-10)11-4-2-1-3-5-11;/h1-5H,6-9H2;1H. The molecule has 0 bridgehead atoms. The number of rotatable bonds is 1. The number of hydrogen-bond acceptors (Lipinski definition) is 1. The Kier molecular flexibility index (Phi) is 4.57. The van der Waals surface area contributed by atoms with E-state index in [2.05, 4.69) is 24.3 Å². The quantitative estimate of drug-likeness (QED) is 0.676. The van der Waals surface area contributed by atoms with Crippen molar-refractivity contribution >= 4 is 31.4 Å². The fourth-order valence-corrected chi connectivity index (χ4v) is 4.03. The fourth-order valence-electron chi connectivity index (χ4n) is 1.65. The van der Waals surface area contributed by atoms with Crippen molar-refractivity contribution in [1.82, 2.24) is 0 Å². The second-order valence-corrected chi connectivity index (χ2v) is 5.85. The minimum absolute atomic E-state index is 0. The highest BCUT2D eigenvalue weighted by molar-refractivity contribution is 7.65. The molecule has 1 heterocycles. The molecule has 1 aromatic rings. The Hall–Kier alpha value is -0.390. The molecule has 0 aliphatic carbocycles. The topological polar surface area (TPSA) is 17.1 Å². The zero-order valence-corrected chi connectivity index (χ0v) is 9.69. The third kappa shape index (κ3) is 2.80. The van der Waals surface area contributed by atoms with Crippen molar-refractivity contribution in [3.63, 3.8) is 0 Å². The van der Waals surface area contributed by atoms with E-state index in [0.29, 0.717) is 5.78 Å². The highest BCUT2D eigenvalue weighted by Crippen LogP contribution is 2.39. The van der Waals surface area contributed by atoms with Gasteiger partial charge >= 0.3 is 0 Å². The molecule has 1 aliphatic rings. The summed E-state index contributed by atoms with van der Waals surface area (Å²) in [7, 11) is -0.0143. The average molecular weight is 229 g/mol. The highest BCUT2D eigenvalue weighted by Gasteiger charge is 2.18. The predicted octanol–water partition coefficient (Wildman–Crippen LogP) is 2.58. The second-order valence-electron chi connectivity index (χ2n) is 3.36. The average Bonchev–Trinajstić information content (AvgIpc) is 2.20. The molecule has 2 rings (SSSR count). The SMILES string of the molecule is Cl.O=C1CCP(c2ccccc2)CC1. The van der Waals surface area contributed by atoms with Gasteiger partial charge in [-0.05, 0) is 17.6 Å². The molecule has 14 heavy (non-hydrogen) atoms. The number of carbonyl (C=O) groups is 1. The summed E-state index contributed by atoms with van der Waals surface area (Å²) in [6.07, 6.45) is 3.83. The van der Waals surface area contributed by atoms with Crippen LogP contribution in [0.15, 0.2) is 30.3 Å². The van der Waals surface area contributed by atoms with Crippen LogP contribution in [0.4, 0.5) is 0 Å². The van der Waals surface area contributed by atoms with Crippen LogP contribution in [0.3, 0.4) is 0 Å². The lowest BCUT2D eigenvalue weighted by Gasteiger charge is -2.21. The Morgan fingerprint density at radius 1 is 1.00 bits per heavy atom. The molecule has 1 aromatic carbocycles. The van der Waals surface area contributed by atoms with Gasteiger partial charge in [-0.3, -0.25) is 4.79 Å². The van der Waals surface area contributed by atoms with E-state index in [-0.39, 0.29) is 20.3 Å². The minimum Gasteiger partial charge on any atom is -0.300 e. The van der Waals surface area contributed by atoms with Crippen molar-refractivity contribution in [2.24, 2.45) is 0 Å². The largest absolute Gasteiger partial charge is 0.300 e. The van der Waals surface area contributed by atoms with Crippen molar-refractivity contribution < 1.29 is 4.79 Å². The van der Waals surface area contributed by atoms with Crippen LogP contribution in [-0.4, -0.2) is 18.1 Å². The van der Waals surface area contributed by atoms with Crippen LogP contribution in [0, 0.1) is 0 Å². The molecule has 0 spiro atoms. The molecule has 1 nitrogen and oxygen atoms in total. The molecule has 3 heteroatoms. The van der Waals surface area contributed by atoms with Gasteiger partial charge in [0.1, 0.15) is 5.78 Å². The fraction of sp³-hybridized carbons (Fsp3) is 0.364. The second kappa shape index (κ2) is 5.48. The zero-order chi connectivity index (χ0) is 9.10. The van der Waals surface area contributed by atoms with Crippen LogP contribution in [0.5, 0.6) is 0 Å². The van der Waals surface area contributed by atoms with Gasteiger partial charge in [-0.15, -0.1) is 12.4 Å². The minimum atomic E-state index is -0.0143. The molecule has 0 atom stereocenters. The van der Waals surface area contributed by atoms with E-state index in [0.717, 1.165) is 25.2 Å². The van der Waals surface area contributed by atoms with E-state index in [4.69, 9.17) is 0 Å². The lowest BCUT2D eigenvalue weighted by Crippen LogP contribution is -2.16. The summed E-state index contributed by atoms with van der Waals surface area (Å²) >= 11 is 0. The van der Waals surface area contributed by atoms with Crippen LogP contribution >= 0.6 is 20.3 Å². The number of ketones is 1. The Morgan fingerprint density at radius 2 is 1.57 bits per heavy atom. The molecular weight excluding hydrogens is 215 g/mol. The van der Waals surface area contributed by atoms with E-state index in [1.807, 2.05) is 6.07 Å². The summed E-state index contributed by atoms with van der Waals surface area (Å²) in [6, 6.07) is 10.6. The van der Waals surface area contributed by atoms with Gasteiger partial charge in [-0.2, -0.15) is 0 Å². The highest BCUT2D eigenvalue weighted by atomic mass is 35.5. The van der Waals surface area contributed by atoms with E-state index in [9.17, 15) is 4.79 Å². The van der Waals surface area contributed by atoms with Gasteiger partial charge in [-0.25, -0.2) is 0 Å². The van der Waals surface area contributed by atoms with Crippen LogP contribution < -0.4 is 5.30 Å². The summed E-state index contributed by atoms with van der Waals surface area (Å²) in [4.78, 5) is 11.1. The number of benzene rings is 1. The van der Waals surface area contributed by atoms with E-state index >= 15 is 0 Å². The summed E-state index contributed by atoms with van der Waals surface area (Å²) in [5, 5.41) is 1.46. The molecule has 1 saturated heterocycles. The predicted molar refractivity (Wildman–Crippen MR) is 64.2 cm³/mol. The lowest BCUT2D eigenvalue weighted by atomic mass is 10.2. The van der Waals surface area contributed by atoms with Crippen molar-refractivity contribution in [3.8, 4) is 0 Å². The van der Waals surface area contributed by atoms with E-state index in [1.54, 1.807) is 0 Å². The number of Topliss-reactive ketones (excluding diaryl/α,β-unsaturated/α-hetero) is 1. The van der Waals surface area contributed by atoms with Crippen LogP contribution in [0.1, 0.15) is 12.8 Å². The first-order valence-electron chi connectivity index (χ1n) is 4.68. The number of halogens is 1. The molecule has 0 unspecified atom stereocenters. The number of carbonyl (C=O) groups excluding carboxylic acids is 1. The summed E-state index contributed by atoms with van der Waals surface area (Å²) < 4.78 is 0. The maximum atomic E-state index is 11.1. The van der Waals surface area contributed by atoms with Gasteiger partial charge < -0.3 is 0 Å². The molecule has 1 aliphatic heterocycles. The van der Waals surface area contributed by atoms with Gasteiger partial charge in [0, 0.05) is 12.8 Å². The third-order valence-electron chi connectivity index (χ3n) is 2.44. The van der Waals surface area contributed by atoms with E-state index < -0.39 is 0 Å². The lowest BCUT2D eigenvalue weighted by molar-refractivity contribution is -0.118. The van der Waals surface area contributed by atoms with Gasteiger partial charge in [-0.1, -0.05) is 38.3 Å². The first-order valence-corrected chi connectivity index (χ1v) is 6.39. The Balaban J connectivity index is 0.000000980. The van der Waals surface area contributed by atoms with Gasteiger partial charge in [0.25, 0.3) is 0 Å². The Bertz CT molecular complexity index is 289. The van der Waals surface area contributed by atoms with E-state index in [1.165, 1.54) is 5.30 Å². The van der Waals surface area contributed by atoms with Gasteiger partial charge in [0.2, 0.25) is 0 Å².